The normalized spacial score (nSPS) is 10.4. The highest BCUT2D eigenvalue weighted by atomic mass is 19.1. The highest BCUT2D eigenvalue weighted by Crippen LogP contribution is 2.12. The molecule has 0 heterocycles. The fraction of sp³-hybridized carbons (Fsp3) is 0.278. The molecule has 128 valence electrons. The standard InChI is InChI=1S/C18H21FN2O3/c19-15-4-2-14(3-5-15)12-23-13-18(22)21-10-1-11-24-17-8-6-16(20)7-9-17/h2-9H,1,10-13,20H2,(H,21,22). The van der Waals surface area contributed by atoms with Crippen LogP contribution in [0.2, 0.25) is 0 Å². The van der Waals surface area contributed by atoms with Crippen molar-refractivity contribution >= 4 is 11.6 Å². The molecule has 0 saturated heterocycles. The smallest absolute Gasteiger partial charge is 0.246 e. The SMILES string of the molecule is Nc1ccc(OCCCNC(=O)COCc2ccc(F)cc2)cc1. The van der Waals surface area contributed by atoms with Gasteiger partial charge in [-0.1, -0.05) is 12.1 Å². The summed E-state index contributed by atoms with van der Waals surface area (Å²) in [6.45, 7) is 1.25. The van der Waals surface area contributed by atoms with Crippen LogP contribution < -0.4 is 15.8 Å². The maximum atomic E-state index is 12.7. The fourth-order valence-corrected chi connectivity index (χ4v) is 1.95. The summed E-state index contributed by atoms with van der Waals surface area (Å²) < 4.78 is 23.5. The van der Waals surface area contributed by atoms with Crippen LogP contribution >= 0.6 is 0 Å². The average Bonchev–Trinajstić information content (AvgIpc) is 2.58. The lowest BCUT2D eigenvalue weighted by molar-refractivity contribution is -0.126. The van der Waals surface area contributed by atoms with Crippen LogP contribution in [-0.2, 0) is 16.1 Å². The molecular formula is C18H21FN2O3. The Bertz CT molecular complexity index is 630. The van der Waals surface area contributed by atoms with Crippen LogP contribution in [-0.4, -0.2) is 25.7 Å². The molecule has 6 heteroatoms. The Morgan fingerprint density at radius 3 is 2.50 bits per heavy atom. The Labute approximate surface area is 140 Å². The van der Waals surface area contributed by atoms with Crippen molar-refractivity contribution in [2.75, 3.05) is 25.5 Å². The van der Waals surface area contributed by atoms with Gasteiger partial charge in [-0.25, -0.2) is 4.39 Å². The van der Waals surface area contributed by atoms with E-state index in [1.807, 2.05) is 0 Å². The molecule has 24 heavy (non-hydrogen) atoms. The van der Waals surface area contributed by atoms with Gasteiger partial charge in [0, 0.05) is 12.2 Å². The predicted molar refractivity (Wildman–Crippen MR) is 90.0 cm³/mol. The van der Waals surface area contributed by atoms with Crippen molar-refractivity contribution in [2.24, 2.45) is 0 Å². The zero-order valence-electron chi connectivity index (χ0n) is 13.3. The third kappa shape index (κ3) is 6.66. The number of carbonyl (C=O) groups excluding carboxylic acids is 1. The van der Waals surface area contributed by atoms with Crippen molar-refractivity contribution in [1.82, 2.24) is 5.32 Å². The first kappa shape index (κ1) is 17.7. The van der Waals surface area contributed by atoms with Gasteiger partial charge in [-0.05, 0) is 48.4 Å². The second-order valence-corrected chi connectivity index (χ2v) is 5.24. The van der Waals surface area contributed by atoms with Gasteiger partial charge in [0.2, 0.25) is 5.91 Å². The van der Waals surface area contributed by atoms with E-state index in [4.69, 9.17) is 15.2 Å². The van der Waals surface area contributed by atoms with Crippen LogP contribution in [0, 0.1) is 5.82 Å². The molecule has 1 amide bonds. The number of nitrogen functional groups attached to an aromatic ring is 1. The van der Waals surface area contributed by atoms with Gasteiger partial charge >= 0.3 is 0 Å². The summed E-state index contributed by atoms with van der Waals surface area (Å²) in [6.07, 6.45) is 0.689. The van der Waals surface area contributed by atoms with Gasteiger partial charge in [-0.3, -0.25) is 4.79 Å². The first-order valence-corrected chi connectivity index (χ1v) is 7.71. The van der Waals surface area contributed by atoms with E-state index in [1.54, 1.807) is 36.4 Å². The Kier molecular flexibility index (Phi) is 7.04. The minimum Gasteiger partial charge on any atom is -0.494 e. The molecule has 2 aromatic carbocycles. The second-order valence-electron chi connectivity index (χ2n) is 5.24. The molecule has 0 bridgehead atoms. The molecule has 0 unspecified atom stereocenters. The fourth-order valence-electron chi connectivity index (χ4n) is 1.95. The molecule has 2 rings (SSSR count). The van der Waals surface area contributed by atoms with Crippen LogP contribution in [0.4, 0.5) is 10.1 Å². The van der Waals surface area contributed by atoms with Crippen molar-refractivity contribution < 1.29 is 18.7 Å². The van der Waals surface area contributed by atoms with Gasteiger partial charge in [0.05, 0.1) is 13.2 Å². The number of carbonyl (C=O) groups is 1. The highest BCUT2D eigenvalue weighted by molar-refractivity contribution is 5.77. The monoisotopic (exact) mass is 332 g/mol. The molecular weight excluding hydrogens is 311 g/mol. The number of amides is 1. The van der Waals surface area contributed by atoms with E-state index in [2.05, 4.69) is 5.32 Å². The Morgan fingerprint density at radius 2 is 1.79 bits per heavy atom. The van der Waals surface area contributed by atoms with E-state index in [-0.39, 0.29) is 24.9 Å². The first-order chi connectivity index (χ1) is 11.6. The van der Waals surface area contributed by atoms with Crippen molar-refractivity contribution in [2.45, 2.75) is 13.0 Å². The number of benzene rings is 2. The van der Waals surface area contributed by atoms with Gasteiger partial charge in [-0.2, -0.15) is 0 Å². The maximum absolute atomic E-state index is 12.7. The zero-order valence-corrected chi connectivity index (χ0v) is 13.3. The molecule has 0 atom stereocenters. The molecule has 0 aliphatic carbocycles. The topological polar surface area (TPSA) is 73.6 Å². The first-order valence-electron chi connectivity index (χ1n) is 7.71. The van der Waals surface area contributed by atoms with Gasteiger partial charge < -0.3 is 20.5 Å². The van der Waals surface area contributed by atoms with Crippen molar-refractivity contribution in [3.63, 3.8) is 0 Å². The largest absolute Gasteiger partial charge is 0.494 e. The zero-order chi connectivity index (χ0) is 17.2. The van der Waals surface area contributed by atoms with E-state index in [0.29, 0.717) is 25.3 Å². The molecule has 5 nitrogen and oxygen atoms in total. The minimum atomic E-state index is -0.294. The molecule has 2 aromatic rings. The quantitative estimate of drug-likeness (QED) is 0.547. The summed E-state index contributed by atoms with van der Waals surface area (Å²) in [5.74, 6) is 0.264. The Hall–Kier alpha value is -2.60. The molecule has 0 aromatic heterocycles. The summed E-state index contributed by atoms with van der Waals surface area (Å²) in [5, 5.41) is 2.75. The van der Waals surface area contributed by atoms with Gasteiger partial charge in [0.1, 0.15) is 18.2 Å². The number of nitrogens with two attached hydrogens (primary N) is 1. The number of ether oxygens (including phenoxy) is 2. The van der Waals surface area contributed by atoms with Crippen LogP contribution in [0.15, 0.2) is 48.5 Å². The molecule has 3 N–H and O–H groups in total. The molecule has 0 fully saturated rings. The van der Waals surface area contributed by atoms with Gasteiger partial charge in [0.25, 0.3) is 0 Å². The Morgan fingerprint density at radius 1 is 1.08 bits per heavy atom. The van der Waals surface area contributed by atoms with Crippen molar-refractivity contribution in [3.05, 3.63) is 59.9 Å². The summed E-state index contributed by atoms with van der Waals surface area (Å²) in [4.78, 5) is 11.6. The highest BCUT2D eigenvalue weighted by Gasteiger charge is 2.02. The third-order valence-electron chi connectivity index (χ3n) is 3.21. The van der Waals surface area contributed by atoms with Crippen LogP contribution in [0.3, 0.4) is 0 Å². The number of nitrogens with one attached hydrogen (secondary N) is 1. The Balaban J connectivity index is 1.51. The number of hydrogen-bond donors (Lipinski definition) is 2. The van der Waals surface area contributed by atoms with E-state index in [9.17, 15) is 9.18 Å². The lowest BCUT2D eigenvalue weighted by Gasteiger charge is -2.08. The van der Waals surface area contributed by atoms with Gasteiger partial charge in [0.15, 0.2) is 0 Å². The maximum Gasteiger partial charge on any atom is 0.246 e. The summed E-state index contributed by atoms with van der Waals surface area (Å²) in [6, 6.07) is 13.1. The number of hydrogen-bond acceptors (Lipinski definition) is 4. The third-order valence-corrected chi connectivity index (χ3v) is 3.21. The minimum absolute atomic E-state index is 0.0316. The summed E-state index contributed by atoms with van der Waals surface area (Å²) in [7, 11) is 0. The van der Waals surface area contributed by atoms with E-state index >= 15 is 0 Å². The van der Waals surface area contributed by atoms with Gasteiger partial charge in [-0.15, -0.1) is 0 Å². The molecule has 0 spiro atoms. The van der Waals surface area contributed by atoms with Crippen LogP contribution in [0.25, 0.3) is 0 Å². The summed E-state index contributed by atoms with van der Waals surface area (Å²) in [5.41, 5.74) is 7.10. The predicted octanol–water partition coefficient (Wildman–Crippen LogP) is 2.51. The molecule has 0 aliphatic heterocycles. The average molecular weight is 332 g/mol. The van der Waals surface area contributed by atoms with Crippen LogP contribution in [0.5, 0.6) is 5.75 Å². The number of anilines is 1. The molecule has 0 radical (unpaired) electrons. The van der Waals surface area contributed by atoms with Crippen molar-refractivity contribution in [3.8, 4) is 5.75 Å². The van der Waals surface area contributed by atoms with Crippen molar-refractivity contribution in [1.29, 1.82) is 0 Å². The van der Waals surface area contributed by atoms with E-state index in [1.165, 1.54) is 12.1 Å². The van der Waals surface area contributed by atoms with E-state index in [0.717, 1.165) is 11.3 Å². The lowest BCUT2D eigenvalue weighted by atomic mass is 10.2. The van der Waals surface area contributed by atoms with E-state index < -0.39 is 0 Å². The number of rotatable bonds is 9. The molecule has 0 saturated carbocycles. The summed E-state index contributed by atoms with van der Waals surface area (Å²) >= 11 is 0. The number of halogens is 1. The molecule has 0 aliphatic rings. The lowest BCUT2D eigenvalue weighted by Crippen LogP contribution is -2.29. The second kappa shape index (κ2) is 9.52. The van der Waals surface area contributed by atoms with Crippen LogP contribution in [0.1, 0.15) is 12.0 Å².